The molecule has 4 nitrogen and oxygen atoms in total. The van der Waals surface area contributed by atoms with E-state index >= 15 is 0 Å². The molecule has 0 aliphatic rings. The highest BCUT2D eigenvalue weighted by Crippen LogP contribution is 2.04. The lowest BCUT2D eigenvalue weighted by Crippen LogP contribution is -2.47. The van der Waals surface area contributed by atoms with E-state index < -0.39 is 6.04 Å². The average molecular weight is 299 g/mol. The molecule has 0 fully saturated rings. The Morgan fingerprint density at radius 2 is 2.21 bits per heavy atom. The lowest BCUT2D eigenvalue weighted by Gasteiger charge is -2.19. The Kier molecular flexibility index (Phi) is 7.93. The van der Waals surface area contributed by atoms with Crippen molar-refractivity contribution in [2.45, 2.75) is 24.9 Å². The lowest BCUT2D eigenvalue weighted by atomic mass is 10.1. The Morgan fingerprint density at radius 3 is 2.79 bits per heavy atom. The molecule has 0 saturated carbocycles. The summed E-state index contributed by atoms with van der Waals surface area (Å²) in [7, 11) is 0. The average Bonchev–Trinajstić information content (AvgIpc) is 2.44. The van der Waals surface area contributed by atoms with Gasteiger partial charge in [-0.05, 0) is 42.5 Å². The van der Waals surface area contributed by atoms with Crippen LogP contribution >= 0.6 is 24.4 Å². The third-order valence-electron chi connectivity index (χ3n) is 2.78. The van der Waals surface area contributed by atoms with E-state index in [0.29, 0.717) is 12.2 Å². The lowest BCUT2D eigenvalue weighted by molar-refractivity contribution is -0.122. The van der Waals surface area contributed by atoms with Gasteiger partial charge in [0.05, 0.1) is 6.04 Å². The molecule has 0 aliphatic carbocycles. The van der Waals surface area contributed by atoms with Gasteiger partial charge >= 0.3 is 0 Å². The molecule has 2 atom stereocenters. The molecular weight excluding hydrogens is 278 g/mol. The summed E-state index contributed by atoms with van der Waals surface area (Å²) in [6, 6.07) is 3.30. The van der Waals surface area contributed by atoms with Gasteiger partial charge in [-0.2, -0.15) is 24.4 Å². The maximum Gasteiger partial charge on any atom is 0.237 e. The van der Waals surface area contributed by atoms with Crippen molar-refractivity contribution in [1.29, 1.82) is 0 Å². The molecule has 0 saturated heterocycles. The molecule has 0 unspecified atom stereocenters. The van der Waals surface area contributed by atoms with Crippen LogP contribution < -0.4 is 11.1 Å². The van der Waals surface area contributed by atoms with Crippen LogP contribution in [0, 0.1) is 0 Å². The van der Waals surface area contributed by atoms with Gasteiger partial charge < -0.3 is 11.1 Å². The highest BCUT2D eigenvalue weighted by molar-refractivity contribution is 7.98. The van der Waals surface area contributed by atoms with Crippen molar-refractivity contribution in [1.82, 2.24) is 10.3 Å². The molecule has 0 radical (unpaired) electrons. The number of thiol groups is 1. The Balaban J connectivity index is 2.43. The Morgan fingerprint density at radius 1 is 1.53 bits per heavy atom. The quantitative estimate of drug-likeness (QED) is 0.629. The van der Waals surface area contributed by atoms with E-state index in [0.717, 1.165) is 17.7 Å². The van der Waals surface area contributed by atoms with Gasteiger partial charge in [-0.15, -0.1) is 0 Å². The van der Waals surface area contributed by atoms with Gasteiger partial charge in [-0.1, -0.05) is 0 Å². The van der Waals surface area contributed by atoms with Crippen molar-refractivity contribution in [2.75, 3.05) is 17.8 Å². The van der Waals surface area contributed by atoms with Crippen molar-refractivity contribution in [3.8, 4) is 0 Å². The van der Waals surface area contributed by atoms with Crippen LogP contribution in [0.2, 0.25) is 0 Å². The SMILES string of the molecule is CSCC[C@H](CS)NC(=O)[C@H](N)Cc1ccncc1. The number of carbonyl (C=O) groups excluding carboxylic acids is 1. The summed E-state index contributed by atoms with van der Waals surface area (Å²) < 4.78 is 0. The Labute approximate surface area is 124 Å². The summed E-state index contributed by atoms with van der Waals surface area (Å²) in [5.41, 5.74) is 6.94. The first-order valence-corrected chi connectivity index (χ1v) is 8.24. The predicted molar refractivity (Wildman–Crippen MR) is 84.7 cm³/mol. The van der Waals surface area contributed by atoms with Gasteiger partial charge in [0.1, 0.15) is 0 Å². The van der Waals surface area contributed by atoms with E-state index in [9.17, 15) is 4.79 Å². The second kappa shape index (κ2) is 9.23. The number of hydrogen-bond donors (Lipinski definition) is 3. The van der Waals surface area contributed by atoms with E-state index in [1.807, 2.05) is 18.4 Å². The van der Waals surface area contributed by atoms with E-state index in [-0.39, 0.29) is 11.9 Å². The third kappa shape index (κ3) is 6.31. The van der Waals surface area contributed by atoms with Crippen molar-refractivity contribution in [3.63, 3.8) is 0 Å². The van der Waals surface area contributed by atoms with Gasteiger partial charge in [-0.3, -0.25) is 9.78 Å². The molecule has 1 aromatic heterocycles. The number of nitrogens with one attached hydrogen (secondary N) is 1. The molecule has 19 heavy (non-hydrogen) atoms. The zero-order valence-corrected chi connectivity index (χ0v) is 12.8. The number of nitrogens with two attached hydrogens (primary N) is 1. The molecule has 0 aliphatic heterocycles. The largest absolute Gasteiger partial charge is 0.351 e. The molecule has 1 aromatic rings. The van der Waals surface area contributed by atoms with E-state index in [1.54, 1.807) is 24.2 Å². The van der Waals surface area contributed by atoms with Crippen LogP contribution in [0.4, 0.5) is 0 Å². The molecule has 1 rings (SSSR count). The van der Waals surface area contributed by atoms with Gasteiger partial charge in [0.2, 0.25) is 5.91 Å². The summed E-state index contributed by atoms with van der Waals surface area (Å²) in [4.78, 5) is 15.9. The van der Waals surface area contributed by atoms with Crippen molar-refractivity contribution >= 4 is 30.3 Å². The monoisotopic (exact) mass is 299 g/mol. The zero-order chi connectivity index (χ0) is 14.1. The minimum absolute atomic E-state index is 0.0896. The summed E-state index contributed by atoms with van der Waals surface area (Å²) >= 11 is 6.02. The van der Waals surface area contributed by atoms with Crippen LogP contribution in [-0.2, 0) is 11.2 Å². The van der Waals surface area contributed by atoms with Crippen LogP contribution in [0.5, 0.6) is 0 Å². The van der Waals surface area contributed by atoms with E-state index in [4.69, 9.17) is 5.73 Å². The van der Waals surface area contributed by atoms with Crippen molar-refractivity contribution in [2.24, 2.45) is 5.73 Å². The standard InChI is InChI=1S/C13H21N3OS2/c1-19-7-4-11(9-18)16-13(17)12(14)8-10-2-5-15-6-3-10/h2-3,5-6,11-12,18H,4,7-9,14H2,1H3,(H,16,17)/t11-,12-/m1/s1. The van der Waals surface area contributed by atoms with Crippen molar-refractivity contribution < 1.29 is 4.79 Å². The first-order chi connectivity index (χ1) is 9.17. The first kappa shape index (κ1) is 16.3. The number of pyridine rings is 1. The van der Waals surface area contributed by atoms with Crippen molar-refractivity contribution in [3.05, 3.63) is 30.1 Å². The molecular formula is C13H21N3OS2. The highest BCUT2D eigenvalue weighted by Gasteiger charge is 2.17. The minimum Gasteiger partial charge on any atom is -0.351 e. The molecule has 6 heteroatoms. The summed E-state index contributed by atoms with van der Waals surface area (Å²) in [5.74, 6) is 1.52. The predicted octanol–water partition coefficient (Wildman–Crippen LogP) is 1.12. The smallest absolute Gasteiger partial charge is 0.237 e. The number of aromatic nitrogens is 1. The van der Waals surface area contributed by atoms with Crippen LogP contribution in [0.1, 0.15) is 12.0 Å². The van der Waals surface area contributed by atoms with Crippen LogP contribution in [-0.4, -0.2) is 40.7 Å². The van der Waals surface area contributed by atoms with Gasteiger partial charge in [0.15, 0.2) is 0 Å². The molecule has 0 spiro atoms. The third-order valence-corrected chi connectivity index (χ3v) is 3.86. The normalized spacial score (nSPS) is 13.8. The summed E-state index contributed by atoms with van der Waals surface area (Å²) in [5, 5.41) is 2.95. The Bertz CT molecular complexity index is 375. The highest BCUT2D eigenvalue weighted by atomic mass is 32.2. The number of thioether (sulfide) groups is 1. The summed E-state index contributed by atoms with van der Waals surface area (Å²) in [6.45, 7) is 0. The number of nitrogens with zero attached hydrogens (tertiary/aromatic N) is 1. The minimum atomic E-state index is -0.529. The maximum atomic E-state index is 12.0. The number of carbonyl (C=O) groups is 1. The molecule has 1 amide bonds. The second-order valence-electron chi connectivity index (χ2n) is 4.34. The van der Waals surface area contributed by atoms with Crippen LogP contribution in [0.25, 0.3) is 0 Å². The summed E-state index contributed by atoms with van der Waals surface area (Å²) in [6.07, 6.45) is 6.89. The fourth-order valence-corrected chi connectivity index (χ4v) is 2.44. The fourth-order valence-electron chi connectivity index (χ4n) is 1.64. The molecule has 0 bridgehead atoms. The van der Waals surface area contributed by atoms with Crippen LogP contribution in [0.15, 0.2) is 24.5 Å². The zero-order valence-electron chi connectivity index (χ0n) is 11.1. The molecule has 1 heterocycles. The second-order valence-corrected chi connectivity index (χ2v) is 5.69. The van der Waals surface area contributed by atoms with E-state index in [1.165, 1.54) is 0 Å². The fraction of sp³-hybridized carbons (Fsp3) is 0.538. The van der Waals surface area contributed by atoms with Crippen LogP contribution in [0.3, 0.4) is 0 Å². The molecule has 106 valence electrons. The molecule has 3 N–H and O–H groups in total. The van der Waals surface area contributed by atoms with E-state index in [2.05, 4.69) is 22.9 Å². The number of amides is 1. The number of rotatable bonds is 8. The number of hydrogen-bond acceptors (Lipinski definition) is 5. The Hall–Kier alpha value is -0.720. The maximum absolute atomic E-state index is 12.0. The van der Waals surface area contributed by atoms with Gasteiger partial charge in [-0.25, -0.2) is 0 Å². The van der Waals surface area contributed by atoms with Gasteiger partial charge in [0, 0.05) is 24.2 Å². The topological polar surface area (TPSA) is 68.0 Å². The first-order valence-electron chi connectivity index (χ1n) is 6.22. The molecule has 0 aromatic carbocycles. The van der Waals surface area contributed by atoms with Gasteiger partial charge in [0.25, 0.3) is 0 Å².